The minimum Gasteiger partial charge on any atom is -0.369 e. The summed E-state index contributed by atoms with van der Waals surface area (Å²) in [5.74, 6) is -0.422. The van der Waals surface area contributed by atoms with Crippen molar-refractivity contribution < 1.29 is 4.79 Å². The number of fused-ring (bicyclic) bond motifs is 3. The molecule has 7 heteroatoms. The summed E-state index contributed by atoms with van der Waals surface area (Å²) < 4.78 is 1.62. The fraction of sp³-hybridized carbons (Fsp3) is 0.316. The number of nitrogens with zero attached hydrogens (tertiary/aromatic N) is 2. The standard InChI is InChI=1S/C19H19N3O2S2/c1-11(16(20)23)25-19-21-17-15(13-9-5-6-10-14(13)26-17)18(24)22(19)12-7-3-2-4-8-12/h2-4,7-8,11H,5-6,9-10H2,1H3,(H2,20,23)/t11-/m1/s1. The zero-order chi connectivity index (χ0) is 18.3. The van der Waals surface area contributed by atoms with E-state index in [9.17, 15) is 9.59 Å². The number of thioether (sulfide) groups is 1. The predicted octanol–water partition coefficient (Wildman–Crippen LogP) is 3.29. The van der Waals surface area contributed by atoms with Crippen LogP contribution in [0.3, 0.4) is 0 Å². The van der Waals surface area contributed by atoms with Gasteiger partial charge in [-0.25, -0.2) is 4.98 Å². The van der Waals surface area contributed by atoms with E-state index in [2.05, 4.69) is 0 Å². The smallest absolute Gasteiger partial charge is 0.267 e. The first-order valence-electron chi connectivity index (χ1n) is 8.65. The summed E-state index contributed by atoms with van der Waals surface area (Å²) in [5, 5.41) is 0.784. The number of amides is 1. The largest absolute Gasteiger partial charge is 0.369 e. The molecule has 2 N–H and O–H groups in total. The van der Waals surface area contributed by atoms with Crippen LogP contribution < -0.4 is 11.3 Å². The number of thiophene rings is 1. The lowest BCUT2D eigenvalue weighted by Gasteiger charge is -2.15. The van der Waals surface area contributed by atoms with E-state index in [0.29, 0.717) is 5.16 Å². The quantitative estimate of drug-likeness (QED) is 0.552. The van der Waals surface area contributed by atoms with Crippen LogP contribution in [0.1, 0.15) is 30.2 Å². The van der Waals surface area contributed by atoms with E-state index in [4.69, 9.17) is 10.7 Å². The van der Waals surface area contributed by atoms with Crippen LogP contribution in [0.25, 0.3) is 15.9 Å². The second-order valence-electron chi connectivity index (χ2n) is 6.42. The Morgan fingerprint density at radius 3 is 2.73 bits per heavy atom. The molecule has 2 heterocycles. The molecule has 1 aliphatic carbocycles. The highest BCUT2D eigenvalue weighted by Gasteiger charge is 2.24. The third kappa shape index (κ3) is 2.95. The molecule has 1 atom stereocenters. The zero-order valence-corrected chi connectivity index (χ0v) is 16.0. The van der Waals surface area contributed by atoms with Crippen molar-refractivity contribution in [3.8, 4) is 5.69 Å². The fourth-order valence-electron chi connectivity index (χ4n) is 3.29. The number of hydrogen-bond donors (Lipinski definition) is 1. The normalized spacial score (nSPS) is 15.0. The Kier molecular flexibility index (Phi) is 4.58. The van der Waals surface area contributed by atoms with E-state index in [1.807, 2.05) is 30.3 Å². The average molecular weight is 386 g/mol. The van der Waals surface area contributed by atoms with E-state index in [1.54, 1.807) is 22.8 Å². The molecule has 0 fully saturated rings. The SMILES string of the molecule is C[C@@H](Sc1nc2sc3c(c2c(=O)n1-c1ccccc1)CCCC3)C(N)=O. The van der Waals surface area contributed by atoms with Gasteiger partial charge in [0.05, 0.1) is 16.3 Å². The van der Waals surface area contributed by atoms with Gasteiger partial charge in [-0.1, -0.05) is 30.0 Å². The van der Waals surface area contributed by atoms with Gasteiger partial charge in [0, 0.05) is 4.88 Å². The lowest BCUT2D eigenvalue weighted by atomic mass is 9.97. The van der Waals surface area contributed by atoms with Gasteiger partial charge >= 0.3 is 0 Å². The number of benzene rings is 1. The van der Waals surface area contributed by atoms with E-state index < -0.39 is 11.2 Å². The molecule has 1 amide bonds. The van der Waals surface area contributed by atoms with Crippen molar-refractivity contribution in [2.45, 2.75) is 43.0 Å². The van der Waals surface area contributed by atoms with Crippen LogP contribution in [0.5, 0.6) is 0 Å². The van der Waals surface area contributed by atoms with Crippen LogP contribution in [0.4, 0.5) is 0 Å². The van der Waals surface area contributed by atoms with Crippen LogP contribution in [-0.2, 0) is 17.6 Å². The Morgan fingerprint density at radius 1 is 1.27 bits per heavy atom. The van der Waals surface area contributed by atoms with Gasteiger partial charge in [0.1, 0.15) is 4.83 Å². The molecule has 0 spiro atoms. The molecule has 4 rings (SSSR count). The lowest BCUT2D eigenvalue weighted by Crippen LogP contribution is -2.26. The van der Waals surface area contributed by atoms with Crippen molar-refractivity contribution in [3.63, 3.8) is 0 Å². The summed E-state index contributed by atoms with van der Waals surface area (Å²) in [6.07, 6.45) is 4.22. The molecule has 0 aliphatic heterocycles. The number of aromatic nitrogens is 2. The first-order chi connectivity index (χ1) is 12.6. The molecular formula is C19H19N3O2S2. The van der Waals surface area contributed by atoms with Crippen LogP contribution in [0, 0.1) is 0 Å². The van der Waals surface area contributed by atoms with E-state index in [-0.39, 0.29) is 5.56 Å². The molecule has 0 saturated heterocycles. The Bertz CT molecular complexity index is 1040. The molecule has 3 aromatic rings. The van der Waals surface area contributed by atoms with Gasteiger partial charge in [0.15, 0.2) is 5.16 Å². The second-order valence-corrected chi connectivity index (χ2v) is 8.82. The second kappa shape index (κ2) is 6.89. The summed E-state index contributed by atoms with van der Waals surface area (Å²) in [6, 6.07) is 9.45. The van der Waals surface area contributed by atoms with E-state index >= 15 is 0 Å². The Hall–Kier alpha value is -2.12. The molecule has 134 valence electrons. The maximum absolute atomic E-state index is 13.4. The summed E-state index contributed by atoms with van der Waals surface area (Å²) in [4.78, 5) is 31.8. The first-order valence-corrected chi connectivity index (χ1v) is 10.3. The van der Waals surface area contributed by atoms with Gasteiger partial charge in [-0.3, -0.25) is 14.2 Å². The first kappa shape index (κ1) is 17.3. The number of rotatable bonds is 4. The van der Waals surface area contributed by atoms with Gasteiger partial charge in [-0.05, 0) is 50.3 Å². The number of aryl methyl sites for hydroxylation is 2. The summed E-state index contributed by atoms with van der Waals surface area (Å²) in [7, 11) is 0. The number of primary amides is 1. The van der Waals surface area contributed by atoms with Crippen LogP contribution >= 0.6 is 23.1 Å². The minimum absolute atomic E-state index is 0.0558. The number of carbonyl (C=O) groups excluding carboxylic acids is 1. The van der Waals surface area contributed by atoms with Gasteiger partial charge in [0.25, 0.3) is 5.56 Å². The molecule has 0 saturated carbocycles. The number of para-hydroxylation sites is 1. The van der Waals surface area contributed by atoms with Crippen LogP contribution in [-0.4, -0.2) is 20.7 Å². The molecule has 0 radical (unpaired) electrons. The predicted molar refractivity (Wildman–Crippen MR) is 106 cm³/mol. The third-order valence-corrected chi connectivity index (χ3v) is 6.91. The Morgan fingerprint density at radius 2 is 2.00 bits per heavy atom. The fourth-order valence-corrected chi connectivity index (χ4v) is 5.47. The number of carbonyl (C=O) groups is 1. The van der Waals surface area contributed by atoms with Gasteiger partial charge in [-0.15, -0.1) is 11.3 Å². The third-order valence-electron chi connectivity index (χ3n) is 4.66. The topological polar surface area (TPSA) is 78.0 Å². The van der Waals surface area contributed by atoms with Crippen molar-refractivity contribution in [2.75, 3.05) is 0 Å². The lowest BCUT2D eigenvalue weighted by molar-refractivity contribution is -0.117. The maximum Gasteiger partial charge on any atom is 0.267 e. The average Bonchev–Trinajstić information content (AvgIpc) is 3.01. The summed E-state index contributed by atoms with van der Waals surface area (Å²) >= 11 is 2.85. The van der Waals surface area contributed by atoms with Crippen molar-refractivity contribution >= 4 is 39.2 Å². The van der Waals surface area contributed by atoms with Crippen molar-refractivity contribution in [1.82, 2.24) is 9.55 Å². The summed E-state index contributed by atoms with van der Waals surface area (Å²) in [5.41, 5.74) is 7.29. The highest BCUT2D eigenvalue weighted by molar-refractivity contribution is 8.00. The molecule has 26 heavy (non-hydrogen) atoms. The van der Waals surface area contributed by atoms with Crippen molar-refractivity contribution in [2.24, 2.45) is 5.73 Å². The van der Waals surface area contributed by atoms with Crippen LogP contribution in [0.15, 0.2) is 40.3 Å². The Labute approximate surface area is 159 Å². The Balaban J connectivity index is 1.99. The summed E-state index contributed by atoms with van der Waals surface area (Å²) in [6.45, 7) is 1.73. The van der Waals surface area contributed by atoms with Crippen molar-refractivity contribution in [1.29, 1.82) is 0 Å². The van der Waals surface area contributed by atoms with E-state index in [1.165, 1.54) is 16.6 Å². The van der Waals surface area contributed by atoms with Crippen molar-refractivity contribution in [3.05, 3.63) is 51.1 Å². The maximum atomic E-state index is 13.4. The molecule has 1 aromatic carbocycles. The molecule has 0 unspecified atom stereocenters. The molecule has 1 aliphatic rings. The van der Waals surface area contributed by atoms with Gasteiger partial charge in [-0.2, -0.15) is 0 Å². The molecule has 0 bridgehead atoms. The minimum atomic E-state index is -0.469. The van der Waals surface area contributed by atoms with Crippen LogP contribution in [0.2, 0.25) is 0 Å². The van der Waals surface area contributed by atoms with Gasteiger partial charge in [0.2, 0.25) is 5.91 Å². The molecule has 5 nitrogen and oxygen atoms in total. The molecular weight excluding hydrogens is 366 g/mol. The zero-order valence-electron chi connectivity index (χ0n) is 14.4. The van der Waals surface area contributed by atoms with E-state index in [0.717, 1.165) is 47.2 Å². The highest BCUT2D eigenvalue weighted by Crippen LogP contribution is 2.35. The molecule has 2 aromatic heterocycles. The number of hydrogen-bond acceptors (Lipinski definition) is 5. The highest BCUT2D eigenvalue weighted by atomic mass is 32.2. The monoisotopic (exact) mass is 385 g/mol. The number of nitrogens with two attached hydrogens (primary N) is 1. The van der Waals surface area contributed by atoms with Gasteiger partial charge < -0.3 is 5.73 Å².